The average molecular weight is 385 g/mol. The van der Waals surface area contributed by atoms with Crippen molar-refractivity contribution in [3.8, 4) is 11.3 Å². The van der Waals surface area contributed by atoms with Crippen molar-refractivity contribution < 1.29 is 23.1 Å². The van der Waals surface area contributed by atoms with Gasteiger partial charge in [0.2, 0.25) is 0 Å². The van der Waals surface area contributed by atoms with Crippen LogP contribution in [0.1, 0.15) is 11.3 Å². The van der Waals surface area contributed by atoms with Crippen molar-refractivity contribution in [3.63, 3.8) is 0 Å². The predicted octanol–water partition coefficient (Wildman–Crippen LogP) is 5.35. The predicted molar refractivity (Wildman–Crippen MR) is 81.0 cm³/mol. The van der Waals surface area contributed by atoms with Crippen LogP contribution < -0.4 is 0 Å². The molecule has 0 saturated carbocycles. The van der Waals surface area contributed by atoms with Crippen LogP contribution in [0.5, 0.6) is 0 Å². The maximum atomic E-state index is 12.9. The fourth-order valence-electron chi connectivity index (χ4n) is 1.94. The van der Waals surface area contributed by atoms with E-state index in [0.29, 0.717) is 6.07 Å². The summed E-state index contributed by atoms with van der Waals surface area (Å²) in [6, 6.07) is 4.33. The van der Waals surface area contributed by atoms with Gasteiger partial charge in [0.05, 0.1) is 22.2 Å². The Bertz CT molecular complexity index is 755. The summed E-state index contributed by atoms with van der Waals surface area (Å²) in [4.78, 5) is 14.4. The molecule has 3 nitrogen and oxygen atoms in total. The molecule has 0 aliphatic carbocycles. The highest BCUT2D eigenvalue weighted by Gasteiger charge is 2.33. The summed E-state index contributed by atoms with van der Waals surface area (Å²) in [6.07, 6.45) is -5.22. The molecule has 9 heteroatoms. The van der Waals surface area contributed by atoms with E-state index >= 15 is 0 Å². The second-order valence-electron chi connectivity index (χ2n) is 4.52. The Morgan fingerprint density at radius 2 is 1.70 bits per heavy atom. The molecule has 0 atom stereocenters. The van der Waals surface area contributed by atoms with Crippen LogP contribution in [0.3, 0.4) is 0 Å². The molecule has 0 radical (unpaired) electrons. The molecular weight excluding hydrogens is 378 g/mol. The number of nitrogens with zero attached hydrogens (tertiary/aromatic N) is 1. The zero-order valence-corrected chi connectivity index (χ0v) is 13.4. The molecule has 1 heterocycles. The standard InChI is InChI=1S/C14H7Cl3F3NO2/c15-7-4-8(16)12(9(17)5-7)13-6(3-11(22)23)1-2-10(21-13)14(18,19)20/h1-2,4-5H,3H2,(H,22,23). The zero-order valence-electron chi connectivity index (χ0n) is 11.1. The van der Waals surface area contributed by atoms with E-state index in [9.17, 15) is 18.0 Å². The summed E-state index contributed by atoms with van der Waals surface area (Å²) in [5.41, 5.74) is -1.37. The highest BCUT2D eigenvalue weighted by molar-refractivity contribution is 6.41. The molecule has 122 valence electrons. The van der Waals surface area contributed by atoms with Gasteiger partial charge in [0, 0.05) is 10.6 Å². The van der Waals surface area contributed by atoms with Gasteiger partial charge in [-0.15, -0.1) is 0 Å². The molecule has 0 fully saturated rings. The smallest absolute Gasteiger partial charge is 0.433 e. The lowest BCUT2D eigenvalue weighted by Gasteiger charge is -2.14. The molecule has 0 amide bonds. The highest BCUT2D eigenvalue weighted by Crippen LogP contribution is 2.39. The summed E-state index contributed by atoms with van der Waals surface area (Å²) < 4.78 is 38.6. The number of halogens is 6. The Hall–Kier alpha value is -1.50. The van der Waals surface area contributed by atoms with E-state index in [1.807, 2.05) is 0 Å². The number of hydrogen-bond donors (Lipinski definition) is 1. The summed E-state index contributed by atoms with van der Waals surface area (Å²) in [7, 11) is 0. The van der Waals surface area contributed by atoms with E-state index in [0.717, 1.165) is 6.07 Å². The van der Waals surface area contributed by atoms with Gasteiger partial charge in [0.1, 0.15) is 5.69 Å². The molecule has 0 bridgehead atoms. The molecule has 0 aliphatic heterocycles. The summed E-state index contributed by atoms with van der Waals surface area (Å²) in [6.45, 7) is 0. The monoisotopic (exact) mass is 383 g/mol. The molecule has 1 aromatic carbocycles. The van der Waals surface area contributed by atoms with E-state index in [1.54, 1.807) is 0 Å². The number of rotatable bonds is 3. The minimum Gasteiger partial charge on any atom is -0.481 e. The maximum Gasteiger partial charge on any atom is 0.433 e. The molecule has 2 rings (SSSR count). The van der Waals surface area contributed by atoms with Crippen molar-refractivity contribution in [2.24, 2.45) is 0 Å². The number of aliphatic carboxylic acids is 1. The number of alkyl halides is 3. The van der Waals surface area contributed by atoms with Crippen LogP contribution >= 0.6 is 34.8 Å². The third-order valence-corrected chi connectivity index (χ3v) is 3.67. The lowest BCUT2D eigenvalue weighted by atomic mass is 10.0. The number of carbonyl (C=O) groups is 1. The van der Waals surface area contributed by atoms with Gasteiger partial charge in [-0.2, -0.15) is 13.2 Å². The molecular formula is C14H7Cl3F3NO2. The number of carboxylic acid groups (broad SMARTS) is 1. The fourth-order valence-corrected chi connectivity index (χ4v) is 2.93. The second-order valence-corrected chi connectivity index (χ2v) is 5.77. The number of hydrogen-bond acceptors (Lipinski definition) is 2. The first-order valence-corrected chi connectivity index (χ1v) is 7.17. The van der Waals surface area contributed by atoms with Gasteiger partial charge in [-0.05, 0) is 23.8 Å². The van der Waals surface area contributed by atoms with Crippen LogP contribution in [-0.2, 0) is 17.4 Å². The Morgan fingerprint density at radius 3 is 2.17 bits per heavy atom. The first-order chi connectivity index (χ1) is 10.6. The lowest BCUT2D eigenvalue weighted by molar-refractivity contribution is -0.141. The number of pyridine rings is 1. The van der Waals surface area contributed by atoms with Gasteiger partial charge in [-0.1, -0.05) is 40.9 Å². The Labute approximate surface area is 143 Å². The van der Waals surface area contributed by atoms with Crippen LogP contribution in [0.4, 0.5) is 13.2 Å². The van der Waals surface area contributed by atoms with Crippen molar-refractivity contribution >= 4 is 40.8 Å². The lowest BCUT2D eigenvalue weighted by Crippen LogP contribution is -2.11. The van der Waals surface area contributed by atoms with Crippen LogP contribution in [0, 0.1) is 0 Å². The van der Waals surface area contributed by atoms with Gasteiger partial charge in [0.25, 0.3) is 0 Å². The van der Waals surface area contributed by atoms with E-state index in [4.69, 9.17) is 39.9 Å². The van der Waals surface area contributed by atoms with Gasteiger partial charge < -0.3 is 5.11 Å². The average Bonchev–Trinajstić information content (AvgIpc) is 2.37. The van der Waals surface area contributed by atoms with Crippen molar-refractivity contribution in [2.45, 2.75) is 12.6 Å². The van der Waals surface area contributed by atoms with Gasteiger partial charge in [-0.3, -0.25) is 4.79 Å². The molecule has 1 N–H and O–H groups in total. The minimum atomic E-state index is -4.69. The van der Waals surface area contributed by atoms with Crippen LogP contribution in [0.15, 0.2) is 24.3 Å². The third-order valence-electron chi connectivity index (χ3n) is 2.85. The zero-order chi connectivity index (χ0) is 17.4. The topological polar surface area (TPSA) is 50.2 Å². The first-order valence-electron chi connectivity index (χ1n) is 6.03. The molecule has 0 spiro atoms. The van der Waals surface area contributed by atoms with Crippen molar-refractivity contribution in [3.05, 3.63) is 50.6 Å². The van der Waals surface area contributed by atoms with E-state index in [2.05, 4.69) is 4.98 Å². The first kappa shape index (κ1) is 17.8. The SMILES string of the molecule is O=C(O)Cc1ccc(C(F)(F)F)nc1-c1c(Cl)cc(Cl)cc1Cl. The van der Waals surface area contributed by atoms with Crippen molar-refractivity contribution in [1.82, 2.24) is 4.98 Å². The molecule has 23 heavy (non-hydrogen) atoms. The summed E-state index contributed by atoms with van der Waals surface area (Å²) in [5.74, 6) is -1.23. The van der Waals surface area contributed by atoms with Gasteiger partial charge in [0.15, 0.2) is 0 Å². The largest absolute Gasteiger partial charge is 0.481 e. The van der Waals surface area contributed by atoms with Gasteiger partial charge in [-0.25, -0.2) is 4.98 Å². The quantitative estimate of drug-likeness (QED) is 0.775. The molecule has 0 aliphatic rings. The van der Waals surface area contributed by atoms with Crippen LogP contribution in [-0.4, -0.2) is 16.1 Å². The van der Waals surface area contributed by atoms with Crippen molar-refractivity contribution in [1.29, 1.82) is 0 Å². The Balaban J connectivity index is 2.74. The fraction of sp³-hybridized carbons (Fsp3) is 0.143. The Kier molecular flexibility index (Phi) is 5.08. The van der Waals surface area contributed by atoms with E-state index in [1.165, 1.54) is 12.1 Å². The van der Waals surface area contributed by atoms with Crippen LogP contribution in [0.2, 0.25) is 15.1 Å². The van der Waals surface area contributed by atoms with E-state index in [-0.39, 0.29) is 31.9 Å². The van der Waals surface area contributed by atoms with E-state index < -0.39 is 24.3 Å². The summed E-state index contributed by atoms with van der Waals surface area (Å²) in [5, 5.41) is 9.05. The van der Waals surface area contributed by atoms with Gasteiger partial charge >= 0.3 is 12.1 Å². The molecule has 0 unspecified atom stereocenters. The molecule has 1 aromatic heterocycles. The Morgan fingerprint density at radius 1 is 1.13 bits per heavy atom. The normalized spacial score (nSPS) is 11.6. The minimum absolute atomic E-state index is 0.0000772. The summed E-state index contributed by atoms with van der Waals surface area (Å²) >= 11 is 17.8. The number of benzene rings is 1. The highest BCUT2D eigenvalue weighted by atomic mass is 35.5. The third kappa shape index (κ3) is 4.07. The second kappa shape index (κ2) is 6.55. The number of carboxylic acids is 1. The molecule has 0 saturated heterocycles. The van der Waals surface area contributed by atoms with Crippen LogP contribution in [0.25, 0.3) is 11.3 Å². The number of aromatic nitrogens is 1. The maximum absolute atomic E-state index is 12.9. The van der Waals surface area contributed by atoms with Crippen molar-refractivity contribution in [2.75, 3.05) is 0 Å². The molecule has 2 aromatic rings.